The number of sulfonamides is 1. The van der Waals surface area contributed by atoms with Crippen molar-refractivity contribution in [2.24, 2.45) is 0 Å². The van der Waals surface area contributed by atoms with Crippen molar-refractivity contribution in [1.82, 2.24) is 4.72 Å². The maximum Gasteiger partial charge on any atom is 0.351 e. The van der Waals surface area contributed by atoms with Crippen LogP contribution < -0.4 is 25.4 Å². The van der Waals surface area contributed by atoms with Crippen LogP contribution in [0.5, 0.6) is 17.2 Å². The molecule has 0 atom stereocenters. The first-order chi connectivity index (χ1) is 23.3. The van der Waals surface area contributed by atoms with E-state index >= 15 is 0 Å². The molecule has 6 rings (SSSR count). The topological polar surface area (TPSA) is 179 Å². The molecule has 0 amide bonds. The lowest BCUT2D eigenvalue weighted by Crippen LogP contribution is -2.21. The molecule has 12 nitrogen and oxygen atoms in total. The van der Waals surface area contributed by atoms with Gasteiger partial charge in [-0.05, 0) is 78.4 Å². The molecule has 6 aromatic rings. The lowest BCUT2D eigenvalue weighted by atomic mass is 10.1. The van der Waals surface area contributed by atoms with Crippen LogP contribution in [-0.4, -0.2) is 31.7 Å². The molecular weight excluding hydrogens is 701 g/mol. The number of carbonyl (C=O) groups excluding carboxylic acids is 2. The van der Waals surface area contributed by atoms with Gasteiger partial charge in [0.1, 0.15) is 39.5 Å². The Morgan fingerprint density at radius 2 is 1.37 bits per heavy atom. The largest absolute Gasteiger partial charge is 0.508 e. The van der Waals surface area contributed by atoms with Crippen LogP contribution in [0.2, 0.25) is 10.0 Å². The average Bonchev–Trinajstić information content (AvgIpc) is 3.04. The van der Waals surface area contributed by atoms with Crippen LogP contribution in [0.4, 0.5) is 0 Å². The van der Waals surface area contributed by atoms with E-state index in [4.69, 9.17) is 41.5 Å². The molecule has 0 aliphatic carbocycles. The van der Waals surface area contributed by atoms with Crippen LogP contribution in [-0.2, 0) is 16.6 Å². The van der Waals surface area contributed by atoms with E-state index in [1.165, 1.54) is 54.6 Å². The van der Waals surface area contributed by atoms with Gasteiger partial charge in [-0.1, -0.05) is 47.5 Å². The Labute approximate surface area is 287 Å². The van der Waals surface area contributed by atoms with E-state index in [1.807, 2.05) is 0 Å². The van der Waals surface area contributed by atoms with Gasteiger partial charge >= 0.3 is 23.2 Å². The second kappa shape index (κ2) is 14.7. The normalized spacial score (nSPS) is 11.1. The summed E-state index contributed by atoms with van der Waals surface area (Å²) in [7, 11) is -3.35. The summed E-state index contributed by atoms with van der Waals surface area (Å²) in [5.74, 6) is -1.44. The highest BCUT2D eigenvalue weighted by Crippen LogP contribution is 2.25. The minimum absolute atomic E-state index is 0.00762. The zero-order chi connectivity index (χ0) is 35.3. The van der Waals surface area contributed by atoms with Gasteiger partial charge < -0.3 is 23.4 Å². The third-order valence-corrected chi connectivity index (χ3v) is 7.75. The van der Waals surface area contributed by atoms with E-state index in [1.54, 1.807) is 42.5 Å². The number of hydrogen-bond acceptors (Lipinski definition) is 11. The molecule has 0 bridgehead atoms. The first-order valence-corrected chi connectivity index (χ1v) is 16.6. The number of aromatic hydroxyl groups is 1. The molecule has 0 unspecified atom stereocenters. The van der Waals surface area contributed by atoms with Crippen LogP contribution >= 0.6 is 23.2 Å². The zero-order valence-electron chi connectivity index (χ0n) is 25.1. The molecule has 0 aliphatic rings. The lowest BCUT2D eigenvalue weighted by molar-refractivity contribution is 0.0720. The number of ether oxygens (including phenoxy) is 2. The van der Waals surface area contributed by atoms with Crippen LogP contribution in [0, 0.1) is 0 Å². The predicted octanol–water partition coefficient (Wildman–Crippen LogP) is 6.09. The summed E-state index contributed by atoms with van der Waals surface area (Å²) in [6.45, 7) is 0.0657. The van der Waals surface area contributed by atoms with Crippen LogP contribution in [0.25, 0.3) is 21.9 Å². The van der Waals surface area contributed by atoms with Gasteiger partial charge in [0.25, 0.3) is 0 Å². The molecule has 0 saturated heterocycles. The van der Waals surface area contributed by atoms with Crippen LogP contribution in [0.3, 0.4) is 0 Å². The van der Waals surface area contributed by atoms with Crippen molar-refractivity contribution in [3.8, 4) is 17.2 Å². The summed E-state index contributed by atoms with van der Waals surface area (Å²) >= 11 is 11.7. The zero-order valence-corrected chi connectivity index (χ0v) is 27.5. The molecule has 2 aromatic heterocycles. The molecular formula is C34H23Cl2NO11S. The van der Waals surface area contributed by atoms with Gasteiger partial charge in [0.05, 0.1) is 11.3 Å². The van der Waals surface area contributed by atoms with Crippen molar-refractivity contribution < 1.29 is 41.4 Å². The average molecular weight is 725 g/mol. The number of rotatable bonds is 7. The number of carbonyl (C=O) groups is 2. The predicted molar refractivity (Wildman–Crippen MR) is 181 cm³/mol. The number of hydrogen-bond donors (Lipinski definition) is 2. The molecule has 4 aromatic carbocycles. The van der Waals surface area contributed by atoms with Gasteiger partial charge in [-0.25, -0.2) is 32.3 Å². The number of nitrogens with one attached hydrogen (secondary N) is 1. The standard InChI is InChI=1S/C18H14ClNO6S.C16H9ClO5/c1-27(23,24)20-10-11-5-6-16-12(7-11)8-15(18(22)26-16)17(21)25-14-4-2-3-13(19)9-14;17-12-3-1-2-4-14(12)22-16(20)11-8-9-7-10(18)5-6-13(9)21-15(11)19/h2-9,20H,10H2,1H3;1-8,18H. The Balaban J connectivity index is 0.000000195. The molecule has 2 N–H and O–H groups in total. The first-order valence-electron chi connectivity index (χ1n) is 14.0. The second-order valence-electron chi connectivity index (χ2n) is 10.2. The fourth-order valence-electron chi connectivity index (χ4n) is 4.27. The summed E-state index contributed by atoms with van der Waals surface area (Å²) < 4.78 is 45.2. The van der Waals surface area contributed by atoms with Crippen molar-refractivity contribution in [2.45, 2.75) is 6.54 Å². The van der Waals surface area contributed by atoms with Crippen molar-refractivity contribution in [2.75, 3.05) is 6.26 Å². The number of halogens is 2. The SMILES string of the molecule is CS(=O)(=O)NCc1ccc2oc(=O)c(C(=O)Oc3cccc(Cl)c3)cc2c1.O=C(Oc1ccccc1Cl)c1cc2cc(O)ccc2oc1=O. The molecule has 15 heteroatoms. The van der Waals surface area contributed by atoms with Crippen molar-refractivity contribution in [3.63, 3.8) is 0 Å². The Morgan fingerprint density at radius 3 is 2.00 bits per heavy atom. The van der Waals surface area contributed by atoms with Crippen LogP contribution in [0.1, 0.15) is 26.3 Å². The molecule has 0 saturated carbocycles. The van der Waals surface area contributed by atoms with E-state index in [-0.39, 0.29) is 51.1 Å². The maximum atomic E-state index is 12.3. The number of fused-ring (bicyclic) bond motifs is 2. The number of para-hydroxylation sites is 1. The fraction of sp³-hybridized carbons (Fsp3) is 0.0588. The summed E-state index contributed by atoms with van der Waals surface area (Å²) in [6.07, 6.45) is 1.05. The van der Waals surface area contributed by atoms with Gasteiger partial charge in [-0.2, -0.15) is 0 Å². The van der Waals surface area contributed by atoms with Crippen molar-refractivity contribution in [1.29, 1.82) is 0 Å². The van der Waals surface area contributed by atoms with Crippen molar-refractivity contribution >= 4 is 67.1 Å². The van der Waals surface area contributed by atoms with Crippen LogP contribution in [0.15, 0.2) is 115 Å². The quantitative estimate of drug-likeness (QED) is 0.111. The summed E-state index contributed by atoms with van der Waals surface area (Å²) in [4.78, 5) is 48.4. The Kier molecular flexibility index (Phi) is 10.5. The van der Waals surface area contributed by atoms with E-state index in [0.717, 1.165) is 6.26 Å². The number of phenolic OH excluding ortho intramolecular Hbond substituents is 1. The van der Waals surface area contributed by atoms with Gasteiger partial charge in [0.15, 0.2) is 0 Å². The van der Waals surface area contributed by atoms with E-state index in [0.29, 0.717) is 21.4 Å². The molecule has 0 aliphatic heterocycles. The number of phenols is 1. The Morgan fingerprint density at radius 1 is 0.755 bits per heavy atom. The minimum Gasteiger partial charge on any atom is -0.508 e. The van der Waals surface area contributed by atoms with Gasteiger partial charge in [0, 0.05) is 22.3 Å². The van der Waals surface area contributed by atoms with Crippen molar-refractivity contribution in [3.05, 3.63) is 145 Å². The van der Waals surface area contributed by atoms with Gasteiger partial charge in [-0.15, -0.1) is 0 Å². The lowest BCUT2D eigenvalue weighted by Gasteiger charge is -2.06. The third kappa shape index (κ3) is 9.12. The molecule has 0 spiro atoms. The van der Waals surface area contributed by atoms with Gasteiger partial charge in [0.2, 0.25) is 10.0 Å². The Hall–Kier alpha value is -5.47. The van der Waals surface area contributed by atoms with E-state index < -0.39 is 33.2 Å². The van der Waals surface area contributed by atoms with Gasteiger partial charge in [-0.3, -0.25) is 0 Å². The fourth-order valence-corrected chi connectivity index (χ4v) is 5.05. The highest BCUT2D eigenvalue weighted by Gasteiger charge is 2.18. The Bertz CT molecular complexity index is 2460. The smallest absolute Gasteiger partial charge is 0.351 e. The summed E-state index contributed by atoms with van der Waals surface area (Å²) in [6, 6.07) is 24.2. The summed E-state index contributed by atoms with van der Waals surface area (Å²) in [5, 5.41) is 10.9. The van der Waals surface area contributed by atoms with E-state index in [2.05, 4.69) is 4.72 Å². The minimum atomic E-state index is -3.35. The number of esters is 2. The summed E-state index contributed by atoms with van der Waals surface area (Å²) in [5.41, 5.74) is -1.06. The number of benzene rings is 4. The highest BCUT2D eigenvalue weighted by molar-refractivity contribution is 7.88. The molecule has 250 valence electrons. The molecule has 0 fully saturated rings. The monoisotopic (exact) mass is 723 g/mol. The molecule has 0 radical (unpaired) electrons. The van der Waals surface area contributed by atoms with E-state index in [9.17, 15) is 32.7 Å². The second-order valence-corrected chi connectivity index (χ2v) is 12.9. The molecule has 2 heterocycles. The highest BCUT2D eigenvalue weighted by atomic mass is 35.5. The first kappa shape index (κ1) is 34.9. The third-order valence-electron chi connectivity index (χ3n) is 6.54. The molecule has 49 heavy (non-hydrogen) atoms. The maximum absolute atomic E-state index is 12.3.